The molecule has 0 unspecified atom stereocenters. The summed E-state index contributed by atoms with van der Waals surface area (Å²) in [5.74, 6) is -0.333. The topological polar surface area (TPSA) is 43.1 Å². The molecule has 1 amide bonds. The average Bonchev–Trinajstić information content (AvgIpc) is 3.13. The Morgan fingerprint density at radius 1 is 0.800 bits per heavy atom. The van der Waals surface area contributed by atoms with E-state index in [0.717, 1.165) is 0 Å². The van der Waals surface area contributed by atoms with Gasteiger partial charge in [0, 0.05) is 6.92 Å². The molecule has 0 aliphatic carbocycles. The fourth-order valence-electron chi connectivity index (χ4n) is 15.8. The van der Waals surface area contributed by atoms with E-state index in [-0.39, 0.29) is 5.91 Å². The van der Waals surface area contributed by atoms with E-state index in [0.29, 0.717) is 0 Å². The van der Waals surface area contributed by atoms with Gasteiger partial charge < -0.3 is 5.73 Å². The molecule has 3 heteroatoms. The van der Waals surface area contributed by atoms with Gasteiger partial charge in [0.1, 0.15) is 0 Å². The zero-order valence-corrected chi connectivity index (χ0v) is 9.72. The van der Waals surface area contributed by atoms with Crippen molar-refractivity contribution < 1.29 is 11.3 Å². The Hall–Kier alpha value is -0.0105. The number of carbonyl (C=O) groups is 1. The first-order valence-electron chi connectivity index (χ1n) is 6.37. The van der Waals surface area contributed by atoms with Gasteiger partial charge in [-0.1, -0.05) is 0 Å². The number of rotatable bonds is 0. The summed E-state index contributed by atoms with van der Waals surface area (Å²) in [5, 5.41) is 0. The Balaban J connectivity index is 0.000000121. The maximum atomic E-state index is 9.22. The SMILES string of the molecule is CC(N)=O.[CH]12[CH]3[CH]4[CH]5[CH]1[Fe]23451678[CH]2[CH]1[CH]6[CH]7[CH]28. The first kappa shape index (κ1) is 5.55. The van der Waals surface area contributed by atoms with E-state index in [1.54, 1.807) is 48.2 Å². The maximum absolute atomic E-state index is 9.22. The monoisotopic (exact) mass is 245 g/mol. The van der Waals surface area contributed by atoms with Crippen LogP contribution in [0.3, 0.4) is 0 Å². The van der Waals surface area contributed by atoms with Crippen molar-refractivity contribution in [3.05, 3.63) is 0 Å². The number of fused-ring (bicyclic) bond motifs is 10. The van der Waals surface area contributed by atoms with Crippen LogP contribution in [-0.2, 0) is 11.3 Å². The summed E-state index contributed by atoms with van der Waals surface area (Å²) < 4.78 is 0. The van der Waals surface area contributed by atoms with Crippen LogP contribution in [0, 0.1) is 0 Å². The second-order valence-electron chi connectivity index (χ2n) is 10.2. The Kier molecular flexibility index (Phi) is 0.144. The number of nitrogens with two attached hydrogens (primary N) is 1. The molecule has 2 nitrogen and oxygen atoms in total. The first-order chi connectivity index (χ1) is 6.89. The second-order valence-corrected chi connectivity index (χ2v) is 34.1. The van der Waals surface area contributed by atoms with Gasteiger partial charge in [-0.2, -0.15) is 0 Å². The van der Waals surface area contributed by atoms with Gasteiger partial charge in [-0.05, 0) is 0 Å². The molecule has 0 saturated carbocycles. The van der Waals surface area contributed by atoms with Crippen molar-refractivity contribution in [2.24, 2.45) is 5.73 Å². The van der Waals surface area contributed by atoms with Crippen LogP contribution in [0.4, 0.5) is 0 Å². The van der Waals surface area contributed by atoms with Gasteiger partial charge in [-0.25, -0.2) is 0 Å². The van der Waals surface area contributed by atoms with Gasteiger partial charge in [-0.15, -0.1) is 0 Å². The van der Waals surface area contributed by atoms with Crippen molar-refractivity contribution in [1.29, 1.82) is 0 Å². The number of hydrogen-bond donors (Lipinski definition) is 1. The molecule has 10 heterocycles. The molecule has 1 spiro atoms. The van der Waals surface area contributed by atoms with E-state index < -0.39 is 6.51 Å². The van der Waals surface area contributed by atoms with Crippen LogP contribution in [0.5, 0.6) is 0 Å². The van der Waals surface area contributed by atoms with Crippen molar-refractivity contribution in [2.45, 2.75) is 55.1 Å². The Morgan fingerprint density at radius 2 is 0.933 bits per heavy atom. The normalized spacial score (nSPS) is 127. The summed E-state index contributed by atoms with van der Waals surface area (Å²) in [6.45, 7) is -0.978. The van der Waals surface area contributed by atoms with Crippen molar-refractivity contribution in [3.63, 3.8) is 0 Å². The Morgan fingerprint density at radius 3 is 0.933 bits per heavy atom. The zero-order chi connectivity index (χ0) is 9.67. The van der Waals surface area contributed by atoms with Gasteiger partial charge in [0.15, 0.2) is 0 Å². The molecule has 2 N–H and O–H groups in total. The summed E-state index contributed by atoms with van der Waals surface area (Å²) in [4.78, 5) is 25.1. The van der Waals surface area contributed by atoms with Crippen LogP contribution >= 0.6 is 0 Å². The predicted octanol–water partition coefficient (Wildman–Crippen LogP) is 2.87. The van der Waals surface area contributed by atoms with Crippen molar-refractivity contribution in [2.75, 3.05) is 0 Å². The molecule has 0 aromatic rings. The standard InChI is InChI=1S/2C5H5.C2H5NO.Fe/c2*1-2-4-5-3-1;1-2(3)4;/h2*1-5H;1H3,(H2,3,4);. The quantitative estimate of drug-likeness (QED) is 0.655. The number of carbonyl (C=O) groups excluding carboxylic acids is 1. The van der Waals surface area contributed by atoms with E-state index in [4.69, 9.17) is 0 Å². The third-order valence-electron chi connectivity index (χ3n) is 14.5. The third-order valence-corrected chi connectivity index (χ3v) is 56.5. The summed E-state index contributed by atoms with van der Waals surface area (Å²) in [5.41, 5.74) is 4.47. The number of amides is 1. The van der Waals surface area contributed by atoms with E-state index in [1.807, 2.05) is 0 Å². The van der Waals surface area contributed by atoms with E-state index in [2.05, 4.69) is 5.73 Å². The summed E-state index contributed by atoms with van der Waals surface area (Å²) in [6, 6.07) is 0. The molecule has 10 fully saturated rings. The Bertz CT molecular complexity index is 668. The molecular weight excluding hydrogens is 230 g/mol. The molecule has 15 heavy (non-hydrogen) atoms. The van der Waals surface area contributed by atoms with Crippen molar-refractivity contribution >= 4 is 5.91 Å². The van der Waals surface area contributed by atoms with Crippen LogP contribution < -0.4 is 5.73 Å². The number of hydrogen-bond acceptors (Lipinski definition) is 1. The molecular formula is C12H15FeNO. The third kappa shape index (κ3) is 0.0503. The Labute approximate surface area is 78.2 Å². The minimum absolute atomic E-state index is 0.333. The van der Waals surface area contributed by atoms with Gasteiger partial charge in [0.05, 0.1) is 0 Å². The fraction of sp³-hybridized carbons (Fsp3) is 0.917. The van der Waals surface area contributed by atoms with Gasteiger partial charge in [0.2, 0.25) is 5.91 Å². The molecule has 0 radical (unpaired) electrons. The molecule has 0 bridgehead atoms. The molecule has 0 aromatic heterocycles. The molecule has 0 aromatic carbocycles. The molecule has 10 saturated heterocycles. The molecule has 82 valence electrons. The summed E-state index contributed by atoms with van der Waals surface area (Å²) >= 11 is 0. The van der Waals surface area contributed by atoms with Gasteiger partial charge in [-0.3, -0.25) is 4.79 Å². The van der Waals surface area contributed by atoms with Gasteiger partial charge in [0.25, 0.3) is 0 Å². The average molecular weight is 245 g/mol. The second kappa shape index (κ2) is 0.388. The van der Waals surface area contributed by atoms with Crippen LogP contribution in [0.1, 0.15) is 6.92 Å². The van der Waals surface area contributed by atoms with Crippen LogP contribution in [0.15, 0.2) is 0 Å². The van der Waals surface area contributed by atoms with E-state index in [1.165, 1.54) is 6.92 Å². The molecule has 0 atom stereocenters. The zero-order valence-electron chi connectivity index (χ0n) is 8.61. The number of primary amides is 1. The molecule has 10 aliphatic rings. The fourth-order valence-corrected chi connectivity index (χ4v) is 88.0. The molecule has 10 rings (SSSR count). The van der Waals surface area contributed by atoms with Crippen molar-refractivity contribution in [3.8, 4) is 0 Å². The predicted molar refractivity (Wildman–Crippen MR) is 52.4 cm³/mol. The summed E-state index contributed by atoms with van der Waals surface area (Å²) in [7, 11) is 0. The van der Waals surface area contributed by atoms with Crippen LogP contribution in [-0.4, -0.2) is 5.91 Å². The first-order valence-corrected chi connectivity index (χ1v) is 12.7. The van der Waals surface area contributed by atoms with Crippen LogP contribution in [0.2, 0.25) is 48.2 Å². The van der Waals surface area contributed by atoms with E-state index >= 15 is 0 Å². The minimum atomic E-state index is -2.28. The van der Waals surface area contributed by atoms with Crippen LogP contribution in [0.25, 0.3) is 0 Å². The van der Waals surface area contributed by atoms with E-state index in [9.17, 15) is 4.79 Å². The van der Waals surface area contributed by atoms with Crippen molar-refractivity contribution in [1.82, 2.24) is 0 Å². The molecule has 10 aliphatic heterocycles. The van der Waals surface area contributed by atoms with Gasteiger partial charge >= 0.3 is 54.7 Å². The summed E-state index contributed by atoms with van der Waals surface area (Å²) in [6.07, 6.45) is 0.